The molecule has 0 aromatic rings. The van der Waals surface area contributed by atoms with Crippen molar-refractivity contribution in [3.8, 4) is 0 Å². The van der Waals surface area contributed by atoms with Gasteiger partial charge in [0.15, 0.2) is 0 Å². The number of carbonyl (C=O) groups excluding carboxylic acids is 1. The second kappa shape index (κ2) is 30.3. The summed E-state index contributed by atoms with van der Waals surface area (Å²) in [6.45, 7) is 18.4. The maximum Gasteiger partial charge on any atom is 0.410 e. The molecule has 0 unspecified atom stereocenters. The second-order valence-electron chi connectivity index (χ2n) is 9.61. The van der Waals surface area contributed by atoms with Crippen LogP contribution in [0.5, 0.6) is 0 Å². The van der Waals surface area contributed by atoms with Crippen molar-refractivity contribution in [2.45, 2.75) is 33.3 Å². The molecule has 0 bridgehead atoms. The van der Waals surface area contributed by atoms with Crippen LogP contribution < -0.4 is 0 Å². The van der Waals surface area contributed by atoms with Crippen molar-refractivity contribution in [1.82, 2.24) is 4.90 Å². The zero-order valence-electron chi connectivity index (χ0n) is 26.2. The van der Waals surface area contributed by atoms with E-state index < -0.39 is 5.60 Å². The van der Waals surface area contributed by atoms with Crippen LogP contribution in [0.3, 0.4) is 0 Å². The van der Waals surface area contributed by atoms with Gasteiger partial charge < -0.3 is 57.0 Å². The van der Waals surface area contributed by atoms with E-state index in [2.05, 4.69) is 0 Å². The third kappa shape index (κ3) is 33.2. The van der Waals surface area contributed by atoms with Gasteiger partial charge in [0.2, 0.25) is 0 Å². The lowest BCUT2D eigenvalue weighted by Gasteiger charge is -2.24. The van der Waals surface area contributed by atoms with E-state index in [1.165, 1.54) is 4.90 Å². The molecule has 0 rings (SSSR count). The van der Waals surface area contributed by atoms with Crippen molar-refractivity contribution in [2.24, 2.45) is 0 Å². The summed E-state index contributed by atoms with van der Waals surface area (Å²) >= 11 is 0. The van der Waals surface area contributed by atoms with E-state index in [1.807, 2.05) is 27.7 Å². The third-order valence-electron chi connectivity index (χ3n) is 4.83. The molecule has 13 nitrogen and oxygen atoms in total. The van der Waals surface area contributed by atoms with Gasteiger partial charge >= 0.3 is 6.09 Å². The number of carbonyl (C=O) groups is 1. The van der Waals surface area contributed by atoms with Gasteiger partial charge in [-0.1, -0.05) is 0 Å². The van der Waals surface area contributed by atoms with Crippen molar-refractivity contribution in [3.63, 3.8) is 0 Å². The maximum absolute atomic E-state index is 11.8. The van der Waals surface area contributed by atoms with Crippen molar-refractivity contribution in [2.75, 3.05) is 146 Å². The molecule has 0 aliphatic heterocycles. The molecule has 0 radical (unpaired) electrons. The Balaban J connectivity index is 3.15. The largest absolute Gasteiger partial charge is 0.444 e. The van der Waals surface area contributed by atoms with Gasteiger partial charge in [0, 0.05) is 20.2 Å². The monoisotopic (exact) mass is 599 g/mol. The third-order valence-corrected chi connectivity index (χ3v) is 4.83. The Morgan fingerprint density at radius 1 is 0.463 bits per heavy atom. The molecule has 0 fully saturated rings. The number of nitrogens with zero attached hydrogens (tertiary/aromatic N) is 1. The summed E-state index contributed by atoms with van der Waals surface area (Å²) in [5, 5.41) is 0. The van der Waals surface area contributed by atoms with E-state index >= 15 is 0 Å². The fourth-order valence-electron chi connectivity index (χ4n) is 2.76. The van der Waals surface area contributed by atoms with Crippen LogP contribution in [0.25, 0.3) is 0 Å². The fraction of sp³-hybridized carbons (Fsp3) is 0.964. The topological polar surface area (TPSA) is 122 Å². The summed E-state index contributed by atoms with van der Waals surface area (Å²) in [7, 11) is 1.68. The Kier molecular flexibility index (Phi) is 29.5. The molecule has 246 valence electrons. The molecule has 13 heteroatoms. The Hall–Kier alpha value is -1.13. The first-order valence-electron chi connectivity index (χ1n) is 14.6. The van der Waals surface area contributed by atoms with Gasteiger partial charge in [-0.15, -0.1) is 0 Å². The molecule has 0 aliphatic carbocycles. The molecule has 0 aromatic carbocycles. The van der Waals surface area contributed by atoms with Crippen molar-refractivity contribution in [3.05, 3.63) is 0 Å². The van der Waals surface area contributed by atoms with Crippen LogP contribution >= 0.6 is 0 Å². The summed E-state index contributed by atoms with van der Waals surface area (Å²) in [6.07, 6.45) is -0.362. The zero-order chi connectivity index (χ0) is 30.3. The minimum absolute atomic E-state index is 0.362. The lowest BCUT2D eigenvalue weighted by atomic mass is 10.2. The molecule has 0 saturated heterocycles. The van der Waals surface area contributed by atoms with Gasteiger partial charge in [-0.05, 0) is 27.7 Å². The van der Waals surface area contributed by atoms with Crippen molar-refractivity contribution in [1.29, 1.82) is 0 Å². The summed E-state index contributed by atoms with van der Waals surface area (Å²) in [4.78, 5) is 13.3. The number of likely N-dealkylation sites (N-methyl/N-ethyl adjacent to an activating group) is 1. The quantitative estimate of drug-likeness (QED) is 0.108. The average molecular weight is 600 g/mol. The molecule has 0 atom stereocenters. The highest BCUT2D eigenvalue weighted by atomic mass is 16.6. The van der Waals surface area contributed by atoms with E-state index in [1.54, 1.807) is 7.05 Å². The van der Waals surface area contributed by atoms with Gasteiger partial charge in [0.05, 0.1) is 126 Å². The van der Waals surface area contributed by atoms with Gasteiger partial charge in [-0.3, -0.25) is 0 Å². The molecule has 0 spiro atoms. The van der Waals surface area contributed by atoms with Crippen LogP contribution in [-0.2, 0) is 52.1 Å². The lowest BCUT2D eigenvalue weighted by molar-refractivity contribution is -0.0265. The van der Waals surface area contributed by atoms with E-state index in [0.29, 0.717) is 139 Å². The number of rotatable bonds is 31. The second-order valence-corrected chi connectivity index (χ2v) is 9.61. The molecule has 41 heavy (non-hydrogen) atoms. The molecule has 0 saturated carbocycles. The number of ether oxygens (including phenoxy) is 11. The minimum Gasteiger partial charge on any atom is -0.444 e. The van der Waals surface area contributed by atoms with Gasteiger partial charge in [-0.25, -0.2) is 4.79 Å². The number of hydrogen-bond acceptors (Lipinski definition) is 12. The first kappa shape index (κ1) is 39.9. The maximum atomic E-state index is 11.8. The Labute approximate surface area is 247 Å². The van der Waals surface area contributed by atoms with E-state index in [0.717, 1.165) is 0 Å². The molecule has 1 amide bonds. The van der Waals surface area contributed by atoms with Crippen LogP contribution in [0.4, 0.5) is 4.79 Å². The average Bonchev–Trinajstić information content (AvgIpc) is 2.93. The molecular formula is C28H57NO12. The highest BCUT2D eigenvalue weighted by molar-refractivity contribution is 5.67. The predicted octanol–water partition coefficient (Wildman–Crippen LogP) is 2.04. The first-order chi connectivity index (χ1) is 19.9. The lowest BCUT2D eigenvalue weighted by Crippen LogP contribution is -2.36. The Morgan fingerprint density at radius 3 is 0.951 bits per heavy atom. The van der Waals surface area contributed by atoms with Crippen LogP contribution in [0, 0.1) is 0 Å². The van der Waals surface area contributed by atoms with E-state index in [9.17, 15) is 4.79 Å². The molecule has 0 N–H and O–H groups in total. The normalized spacial score (nSPS) is 11.7. The Bertz CT molecular complexity index is 551. The first-order valence-corrected chi connectivity index (χ1v) is 14.6. The fourth-order valence-corrected chi connectivity index (χ4v) is 2.76. The minimum atomic E-state index is -0.506. The summed E-state index contributed by atoms with van der Waals surface area (Å²) < 4.78 is 59.4. The van der Waals surface area contributed by atoms with Crippen LogP contribution in [-0.4, -0.2) is 162 Å². The van der Waals surface area contributed by atoms with E-state index in [4.69, 9.17) is 52.1 Å². The predicted molar refractivity (Wildman–Crippen MR) is 153 cm³/mol. The van der Waals surface area contributed by atoms with Crippen LogP contribution in [0.1, 0.15) is 27.7 Å². The molecule has 0 aliphatic rings. The highest BCUT2D eigenvalue weighted by Gasteiger charge is 2.19. The summed E-state index contributed by atoms with van der Waals surface area (Å²) in [6, 6.07) is 0. The van der Waals surface area contributed by atoms with Gasteiger partial charge in [0.25, 0.3) is 0 Å². The molecular weight excluding hydrogens is 542 g/mol. The highest BCUT2D eigenvalue weighted by Crippen LogP contribution is 2.08. The number of hydrogen-bond donors (Lipinski definition) is 0. The smallest absolute Gasteiger partial charge is 0.410 e. The summed E-state index contributed by atoms with van der Waals surface area (Å²) in [5.74, 6) is 0. The SMILES string of the molecule is CCOCCOCCOCCOCCOCCOCCOCCOCCOCCOCCN(C)C(=O)OC(C)(C)C. The molecule has 0 aromatic heterocycles. The van der Waals surface area contributed by atoms with Gasteiger partial charge in [0.1, 0.15) is 5.60 Å². The molecule has 0 heterocycles. The van der Waals surface area contributed by atoms with Gasteiger partial charge in [-0.2, -0.15) is 0 Å². The van der Waals surface area contributed by atoms with E-state index in [-0.39, 0.29) is 6.09 Å². The number of amides is 1. The van der Waals surface area contributed by atoms with Crippen molar-refractivity contribution < 1.29 is 56.9 Å². The standard InChI is InChI=1S/C28H57NO12/c1-6-31-9-10-33-13-14-35-17-18-37-21-22-39-25-26-40-24-23-38-20-19-36-16-15-34-12-11-32-8-7-29(5)27(30)41-28(2,3)4/h6-26H2,1-5H3. The summed E-state index contributed by atoms with van der Waals surface area (Å²) in [5.41, 5.74) is -0.506. The zero-order valence-corrected chi connectivity index (χ0v) is 26.2. The van der Waals surface area contributed by atoms with Crippen LogP contribution in [0.15, 0.2) is 0 Å². The van der Waals surface area contributed by atoms with Crippen LogP contribution in [0.2, 0.25) is 0 Å². The van der Waals surface area contributed by atoms with Crippen molar-refractivity contribution >= 4 is 6.09 Å². The Morgan fingerprint density at radius 2 is 0.707 bits per heavy atom.